The van der Waals surface area contributed by atoms with Crippen molar-refractivity contribution in [1.29, 1.82) is 0 Å². The summed E-state index contributed by atoms with van der Waals surface area (Å²) < 4.78 is 28.3. The molecule has 2 heterocycles. The molecule has 0 amide bonds. The number of aliphatic hydroxyl groups is 5. The molecule has 2 fully saturated rings. The van der Waals surface area contributed by atoms with Gasteiger partial charge < -0.3 is 49.2 Å². The highest BCUT2D eigenvalue weighted by molar-refractivity contribution is 5.75. The van der Waals surface area contributed by atoms with E-state index in [9.17, 15) is 30.3 Å². The Morgan fingerprint density at radius 1 is 1.05 bits per heavy atom. The highest BCUT2D eigenvalue weighted by atomic mass is 16.7. The molecule has 38 heavy (non-hydrogen) atoms. The lowest BCUT2D eigenvalue weighted by Crippen LogP contribution is -2.68. The van der Waals surface area contributed by atoms with Crippen molar-refractivity contribution >= 4 is 5.97 Å². The predicted octanol–water partition coefficient (Wildman–Crippen LogP) is 0.678. The Bertz CT molecular complexity index is 783. The maximum absolute atomic E-state index is 13.1. The first kappa shape index (κ1) is 33.1. The normalized spacial score (nSPS) is 40.2. The van der Waals surface area contributed by atoms with Crippen LogP contribution >= 0.6 is 0 Å². The predicted molar refractivity (Wildman–Crippen MR) is 137 cm³/mol. The average Bonchev–Trinajstić information content (AvgIpc) is 2.89. The number of aliphatic hydroxyl groups excluding tert-OH is 4. The Hall–Kier alpha value is -1.15. The zero-order valence-electron chi connectivity index (χ0n) is 23.7. The molecule has 5 N–H and O–H groups in total. The van der Waals surface area contributed by atoms with Crippen LogP contribution < -0.4 is 0 Å². The summed E-state index contributed by atoms with van der Waals surface area (Å²) in [5.74, 6) is -3.29. The van der Waals surface area contributed by atoms with E-state index in [-0.39, 0.29) is 38.2 Å². The highest BCUT2D eigenvalue weighted by Gasteiger charge is 2.60. The number of fused-ring (bicyclic) bond motifs is 2. The molecule has 0 aromatic heterocycles. The SMILES string of the molecule is CCC(C=C(C)C1CC(OC)CC(O)C(C)(C)C2(O)OC(CC(OC)C(O)C(=O)O1)CC(OC)C2O)CO. The van der Waals surface area contributed by atoms with Crippen LogP contribution in [0.1, 0.15) is 59.8 Å². The number of hydrogen-bond donors (Lipinski definition) is 5. The van der Waals surface area contributed by atoms with Gasteiger partial charge in [0.25, 0.3) is 0 Å². The molecule has 0 radical (unpaired) electrons. The third-order valence-electron chi connectivity index (χ3n) is 8.37. The van der Waals surface area contributed by atoms with Gasteiger partial charge in [-0.05, 0) is 18.9 Å². The molecule has 2 bridgehead atoms. The molecule has 2 aliphatic heterocycles. The fraction of sp³-hybridized carbons (Fsp3) is 0.889. The fourth-order valence-electron chi connectivity index (χ4n) is 5.30. The molecule has 10 atom stereocenters. The Kier molecular flexibility index (Phi) is 12.1. The van der Waals surface area contributed by atoms with Crippen LogP contribution in [0.4, 0.5) is 0 Å². The molecule has 222 valence electrons. The van der Waals surface area contributed by atoms with Crippen LogP contribution in [0.3, 0.4) is 0 Å². The first-order valence-electron chi connectivity index (χ1n) is 13.3. The van der Waals surface area contributed by atoms with Gasteiger partial charge in [-0.1, -0.05) is 26.8 Å². The average molecular weight is 549 g/mol. The molecule has 0 aromatic carbocycles. The van der Waals surface area contributed by atoms with Gasteiger partial charge >= 0.3 is 5.97 Å². The molecular weight excluding hydrogens is 500 g/mol. The van der Waals surface area contributed by atoms with E-state index in [1.165, 1.54) is 21.3 Å². The van der Waals surface area contributed by atoms with E-state index in [0.29, 0.717) is 12.0 Å². The van der Waals surface area contributed by atoms with E-state index in [1.807, 2.05) is 13.0 Å². The molecule has 11 heteroatoms. The van der Waals surface area contributed by atoms with Crippen molar-refractivity contribution in [1.82, 2.24) is 0 Å². The van der Waals surface area contributed by atoms with E-state index < -0.39 is 66.0 Å². The summed E-state index contributed by atoms with van der Waals surface area (Å²) in [5, 5.41) is 54.7. The number of methoxy groups -OCH3 is 3. The van der Waals surface area contributed by atoms with E-state index >= 15 is 0 Å². The molecule has 0 spiro atoms. The highest BCUT2D eigenvalue weighted by Crippen LogP contribution is 2.46. The van der Waals surface area contributed by atoms with Gasteiger partial charge in [-0.2, -0.15) is 0 Å². The van der Waals surface area contributed by atoms with Crippen molar-refractivity contribution in [3.8, 4) is 0 Å². The second-order valence-corrected chi connectivity index (χ2v) is 11.1. The molecule has 10 unspecified atom stereocenters. The molecular formula is C27H48O11. The fourth-order valence-corrected chi connectivity index (χ4v) is 5.30. The summed E-state index contributed by atoms with van der Waals surface area (Å²) in [4.78, 5) is 13.1. The molecule has 2 saturated heterocycles. The van der Waals surface area contributed by atoms with Crippen molar-refractivity contribution in [2.24, 2.45) is 11.3 Å². The number of carbonyl (C=O) groups is 1. The molecule has 2 aliphatic rings. The summed E-state index contributed by atoms with van der Waals surface area (Å²) in [6, 6.07) is 0. The lowest BCUT2D eigenvalue weighted by molar-refractivity contribution is -0.379. The Balaban J connectivity index is 2.56. The minimum absolute atomic E-state index is 0.0174. The lowest BCUT2D eigenvalue weighted by Gasteiger charge is -2.54. The van der Waals surface area contributed by atoms with Crippen LogP contribution in [0.5, 0.6) is 0 Å². The van der Waals surface area contributed by atoms with Crippen LogP contribution in [-0.4, -0.2) is 114 Å². The monoisotopic (exact) mass is 548 g/mol. The summed E-state index contributed by atoms with van der Waals surface area (Å²) in [6.45, 7) is 6.81. The topological polar surface area (TPSA) is 164 Å². The van der Waals surface area contributed by atoms with Gasteiger partial charge in [0.2, 0.25) is 5.79 Å². The summed E-state index contributed by atoms with van der Waals surface area (Å²) >= 11 is 0. The van der Waals surface area contributed by atoms with Crippen molar-refractivity contribution in [3.63, 3.8) is 0 Å². The maximum Gasteiger partial charge on any atom is 0.338 e. The van der Waals surface area contributed by atoms with Gasteiger partial charge in [-0.25, -0.2) is 4.79 Å². The van der Waals surface area contributed by atoms with Crippen LogP contribution in [0.25, 0.3) is 0 Å². The number of esters is 1. The van der Waals surface area contributed by atoms with Crippen molar-refractivity contribution < 1.29 is 54.0 Å². The van der Waals surface area contributed by atoms with E-state index in [0.717, 1.165) is 0 Å². The van der Waals surface area contributed by atoms with Gasteiger partial charge in [-0.3, -0.25) is 0 Å². The molecule has 0 aromatic rings. The van der Waals surface area contributed by atoms with Crippen LogP contribution in [0, 0.1) is 11.3 Å². The molecule has 11 nitrogen and oxygen atoms in total. The van der Waals surface area contributed by atoms with Crippen LogP contribution in [0.15, 0.2) is 11.6 Å². The lowest BCUT2D eigenvalue weighted by atomic mass is 9.70. The van der Waals surface area contributed by atoms with Gasteiger partial charge in [0.15, 0.2) is 6.10 Å². The van der Waals surface area contributed by atoms with E-state index in [1.54, 1.807) is 20.8 Å². The largest absolute Gasteiger partial charge is 0.456 e. The van der Waals surface area contributed by atoms with Crippen LogP contribution in [0.2, 0.25) is 0 Å². The van der Waals surface area contributed by atoms with Crippen molar-refractivity contribution in [3.05, 3.63) is 11.6 Å². The molecule has 0 saturated carbocycles. The smallest absolute Gasteiger partial charge is 0.338 e. The summed E-state index contributed by atoms with van der Waals surface area (Å²) in [5.41, 5.74) is -0.730. The van der Waals surface area contributed by atoms with Gasteiger partial charge in [-0.15, -0.1) is 0 Å². The molecule has 2 rings (SSSR count). The zero-order chi connectivity index (χ0) is 28.8. The summed E-state index contributed by atoms with van der Waals surface area (Å²) in [7, 11) is 4.20. The van der Waals surface area contributed by atoms with Crippen molar-refractivity contribution in [2.45, 2.75) is 114 Å². The Morgan fingerprint density at radius 2 is 1.66 bits per heavy atom. The molecule has 0 aliphatic carbocycles. The second-order valence-electron chi connectivity index (χ2n) is 11.1. The summed E-state index contributed by atoms with van der Waals surface area (Å²) in [6.07, 6.45) is -5.71. The second kappa shape index (κ2) is 14.0. The number of cyclic esters (lactones) is 1. The first-order chi connectivity index (χ1) is 17.8. The first-order valence-corrected chi connectivity index (χ1v) is 13.3. The van der Waals surface area contributed by atoms with Crippen LogP contribution in [-0.2, 0) is 28.5 Å². The number of hydrogen-bond acceptors (Lipinski definition) is 11. The number of carbonyl (C=O) groups excluding carboxylic acids is 1. The van der Waals surface area contributed by atoms with E-state index in [2.05, 4.69) is 0 Å². The number of rotatable bonds is 7. The third kappa shape index (κ3) is 7.13. The van der Waals surface area contributed by atoms with Gasteiger partial charge in [0.1, 0.15) is 12.2 Å². The minimum Gasteiger partial charge on any atom is -0.456 e. The van der Waals surface area contributed by atoms with Gasteiger partial charge in [0.05, 0.1) is 30.5 Å². The van der Waals surface area contributed by atoms with E-state index in [4.69, 9.17) is 23.7 Å². The Morgan fingerprint density at radius 3 is 2.18 bits per heavy atom. The quantitative estimate of drug-likeness (QED) is 0.224. The van der Waals surface area contributed by atoms with Gasteiger partial charge in [0, 0.05) is 65.0 Å². The maximum atomic E-state index is 13.1. The minimum atomic E-state index is -2.23. The Labute approximate surface area is 225 Å². The zero-order valence-corrected chi connectivity index (χ0v) is 23.7. The standard InChI is InChI=1S/C27H48O11/c1-8-16(14-28)9-15(2)19-10-17(34-5)13-22(29)26(3,4)27(33)24(31)21(36-7)12-18(38-27)11-20(35-6)23(30)25(32)37-19/h9,16-24,28-31,33H,8,10-14H2,1-7H3. The third-order valence-corrected chi connectivity index (χ3v) is 8.37. The van der Waals surface area contributed by atoms with Crippen molar-refractivity contribution in [2.75, 3.05) is 27.9 Å². The number of ether oxygens (including phenoxy) is 5.